The molecule has 1 fully saturated rings. The lowest BCUT2D eigenvalue weighted by molar-refractivity contribution is -0.119. The second-order valence-electron chi connectivity index (χ2n) is 6.91. The van der Waals surface area contributed by atoms with Gasteiger partial charge >= 0.3 is 0 Å². The first-order valence-electron chi connectivity index (χ1n) is 9.54. The van der Waals surface area contributed by atoms with Gasteiger partial charge in [0.25, 0.3) is 0 Å². The SMILES string of the molecule is CCC(=O)N(c1ccc(OC)cc1)C1CCN(Cc2ccccc2Cl)CC1. The number of likely N-dealkylation sites (tertiary alicyclic amines) is 1. The van der Waals surface area contributed by atoms with Crippen LogP contribution in [-0.2, 0) is 11.3 Å². The number of methoxy groups -OCH3 is 1. The average molecular weight is 387 g/mol. The number of halogens is 1. The average Bonchev–Trinajstić information content (AvgIpc) is 2.71. The molecule has 27 heavy (non-hydrogen) atoms. The van der Waals surface area contributed by atoms with Gasteiger partial charge in [-0.05, 0) is 48.7 Å². The zero-order chi connectivity index (χ0) is 19.2. The van der Waals surface area contributed by atoms with E-state index in [9.17, 15) is 4.79 Å². The lowest BCUT2D eigenvalue weighted by Gasteiger charge is -2.38. The summed E-state index contributed by atoms with van der Waals surface area (Å²) < 4.78 is 5.24. The van der Waals surface area contributed by atoms with Gasteiger partial charge in [0.1, 0.15) is 5.75 Å². The van der Waals surface area contributed by atoms with Crippen LogP contribution >= 0.6 is 11.6 Å². The van der Waals surface area contributed by atoms with E-state index in [0.29, 0.717) is 6.42 Å². The summed E-state index contributed by atoms with van der Waals surface area (Å²) in [6.45, 7) is 4.70. The maximum absolute atomic E-state index is 12.6. The van der Waals surface area contributed by atoms with Crippen molar-refractivity contribution in [2.45, 2.75) is 38.8 Å². The second-order valence-corrected chi connectivity index (χ2v) is 7.32. The van der Waals surface area contributed by atoms with Crippen molar-refractivity contribution in [2.75, 3.05) is 25.1 Å². The summed E-state index contributed by atoms with van der Waals surface area (Å²) >= 11 is 6.30. The number of hydrogen-bond acceptors (Lipinski definition) is 3. The second kappa shape index (κ2) is 9.25. The number of hydrogen-bond donors (Lipinski definition) is 0. The van der Waals surface area contributed by atoms with Gasteiger partial charge in [0.2, 0.25) is 5.91 Å². The van der Waals surface area contributed by atoms with Crippen molar-refractivity contribution < 1.29 is 9.53 Å². The van der Waals surface area contributed by atoms with Crippen LogP contribution in [0, 0.1) is 0 Å². The van der Waals surface area contributed by atoms with Crippen molar-refractivity contribution in [3.8, 4) is 5.75 Å². The summed E-state index contributed by atoms with van der Waals surface area (Å²) in [4.78, 5) is 17.0. The van der Waals surface area contributed by atoms with E-state index in [1.807, 2.05) is 54.3 Å². The van der Waals surface area contributed by atoms with Crippen molar-refractivity contribution in [2.24, 2.45) is 0 Å². The van der Waals surface area contributed by atoms with Crippen LogP contribution in [0.15, 0.2) is 48.5 Å². The van der Waals surface area contributed by atoms with E-state index in [2.05, 4.69) is 11.0 Å². The number of nitrogens with zero attached hydrogens (tertiary/aromatic N) is 2. The summed E-state index contributed by atoms with van der Waals surface area (Å²) in [5, 5.41) is 0.820. The third kappa shape index (κ3) is 4.82. The summed E-state index contributed by atoms with van der Waals surface area (Å²) in [5.41, 5.74) is 2.11. The molecular weight excluding hydrogens is 360 g/mol. The highest BCUT2D eigenvalue weighted by atomic mass is 35.5. The summed E-state index contributed by atoms with van der Waals surface area (Å²) in [5.74, 6) is 0.974. The monoisotopic (exact) mass is 386 g/mol. The van der Waals surface area contributed by atoms with E-state index in [1.54, 1.807) is 7.11 Å². The minimum absolute atomic E-state index is 0.171. The smallest absolute Gasteiger partial charge is 0.226 e. The Hall–Kier alpha value is -2.04. The molecule has 4 nitrogen and oxygen atoms in total. The van der Waals surface area contributed by atoms with E-state index in [-0.39, 0.29) is 11.9 Å². The van der Waals surface area contributed by atoms with Crippen LogP contribution in [0.25, 0.3) is 0 Å². The quantitative estimate of drug-likeness (QED) is 0.717. The topological polar surface area (TPSA) is 32.8 Å². The molecule has 1 aliphatic heterocycles. The highest BCUT2D eigenvalue weighted by Crippen LogP contribution is 2.27. The molecule has 3 rings (SSSR count). The molecule has 0 bridgehead atoms. The zero-order valence-corrected chi connectivity index (χ0v) is 16.8. The molecule has 1 saturated heterocycles. The Labute approximate surface area is 166 Å². The Kier molecular flexibility index (Phi) is 6.75. The molecule has 2 aromatic rings. The summed E-state index contributed by atoms with van der Waals surface area (Å²) in [7, 11) is 1.65. The molecule has 0 spiro atoms. The van der Waals surface area contributed by atoms with E-state index in [1.165, 1.54) is 0 Å². The predicted molar refractivity (Wildman–Crippen MR) is 111 cm³/mol. The minimum atomic E-state index is 0.171. The van der Waals surface area contributed by atoms with Gasteiger partial charge in [0, 0.05) is 42.8 Å². The first-order chi connectivity index (χ1) is 13.1. The lowest BCUT2D eigenvalue weighted by Crippen LogP contribution is -2.47. The Morgan fingerprint density at radius 3 is 2.41 bits per heavy atom. The molecule has 144 valence electrons. The highest BCUT2D eigenvalue weighted by molar-refractivity contribution is 6.31. The van der Waals surface area contributed by atoms with Crippen LogP contribution in [0.1, 0.15) is 31.7 Å². The van der Waals surface area contributed by atoms with Crippen molar-refractivity contribution in [3.63, 3.8) is 0 Å². The fourth-order valence-corrected chi connectivity index (χ4v) is 3.87. The zero-order valence-electron chi connectivity index (χ0n) is 16.0. The van der Waals surface area contributed by atoms with Crippen molar-refractivity contribution in [3.05, 3.63) is 59.1 Å². The normalized spacial score (nSPS) is 15.5. The number of amides is 1. The maximum atomic E-state index is 12.6. The maximum Gasteiger partial charge on any atom is 0.226 e. The van der Waals surface area contributed by atoms with Gasteiger partial charge in [-0.15, -0.1) is 0 Å². The lowest BCUT2D eigenvalue weighted by atomic mass is 10.0. The number of carbonyl (C=O) groups is 1. The fraction of sp³-hybridized carbons (Fsp3) is 0.409. The van der Waals surface area contributed by atoms with E-state index >= 15 is 0 Å². The number of ether oxygens (including phenoxy) is 1. The van der Waals surface area contributed by atoms with Gasteiger partial charge in [0.05, 0.1) is 7.11 Å². The van der Waals surface area contributed by atoms with Gasteiger partial charge in [-0.25, -0.2) is 0 Å². The van der Waals surface area contributed by atoms with Crippen LogP contribution in [0.4, 0.5) is 5.69 Å². The first-order valence-corrected chi connectivity index (χ1v) is 9.92. The molecule has 2 aromatic carbocycles. The van der Waals surface area contributed by atoms with Gasteiger partial charge in [-0.2, -0.15) is 0 Å². The van der Waals surface area contributed by atoms with E-state index < -0.39 is 0 Å². The number of piperidine rings is 1. The third-order valence-corrected chi connectivity index (χ3v) is 5.56. The summed E-state index contributed by atoms with van der Waals surface area (Å²) in [6.07, 6.45) is 2.43. The standard InChI is InChI=1S/C22H27ClN2O2/c1-3-22(26)25(18-8-10-20(27-2)11-9-18)19-12-14-24(15-13-19)16-17-6-4-5-7-21(17)23/h4-11,19H,3,12-16H2,1-2H3. The fourth-order valence-electron chi connectivity index (χ4n) is 3.67. The largest absolute Gasteiger partial charge is 0.497 e. The molecule has 1 heterocycles. The van der Waals surface area contributed by atoms with Crippen molar-refractivity contribution >= 4 is 23.2 Å². The molecule has 0 aliphatic carbocycles. The molecule has 0 atom stereocenters. The Bertz CT molecular complexity index is 755. The number of rotatable bonds is 6. The molecule has 1 aliphatic rings. The third-order valence-electron chi connectivity index (χ3n) is 5.20. The van der Waals surface area contributed by atoms with Crippen LogP contribution in [0.3, 0.4) is 0 Å². The summed E-state index contributed by atoms with van der Waals surface area (Å²) in [6, 6.07) is 16.0. The molecule has 0 N–H and O–H groups in total. The molecule has 1 amide bonds. The Balaban J connectivity index is 1.67. The molecule has 0 saturated carbocycles. The molecule has 0 aromatic heterocycles. The number of carbonyl (C=O) groups excluding carboxylic acids is 1. The van der Waals surface area contributed by atoms with Crippen LogP contribution in [0.5, 0.6) is 5.75 Å². The highest BCUT2D eigenvalue weighted by Gasteiger charge is 2.28. The van der Waals surface area contributed by atoms with E-state index in [0.717, 1.165) is 54.5 Å². The van der Waals surface area contributed by atoms with Crippen molar-refractivity contribution in [1.29, 1.82) is 0 Å². The first kappa shape index (κ1) is 19.7. The van der Waals surface area contributed by atoms with Gasteiger partial charge in [-0.3, -0.25) is 9.69 Å². The van der Waals surface area contributed by atoms with Crippen LogP contribution in [0.2, 0.25) is 5.02 Å². The van der Waals surface area contributed by atoms with Crippen LogP contribution < -0.4 is 9.64 Å². The molecule has 0 radical (unpaired) electrons. The van der Waals surface area contributed by atoms with Crippen LogP contribution in [-0.4, -0.2) is 37.0 Å². The van der Waals surface area contributed by atoms with Gasteiger partial charge < -0.3 is 9.64 Å². The van der Waals surface area contributed by atoms with Crippen molar-refractivity contribution in [1.82, 2.24) is 4.90 Å². The Morgan fingerprint density at radius 2 is 1.81 bits per heavy atom. The number of anilines is 1. The van der Waals surface area contributed by atoms with Gasteiger partial charge in [-0.1, -0.05) is 36.7 Å². The minimum Gasteiger partial charge on any atom is -0.497 e. The van der Waals surface area contributed by atoms with E-state index in [4.69, 9.17) is 16.3 Å². The molecule has 5 heteroatoms. The number of benzene rings is 2. The molecule has 0 unspecified atom stereocenters. The van der Waals surface area contributed by atoms with Gasteiger partial charge in [0.15, 0.2) is 0 Å². The molecular formula is C22H27ClN2O2. The Morgan fingerprint density at radius 1 is 1.15 bits per heavy atom. The predicted octanol–water partition coefficient (Wildman–Crippen LogP) is 4.76.